The van der Waals surface area contributed by atoms with Crippen molar-refractivity contribution >= 4 is 17.6 Å². The van der Waals surface area contributed by atoms with Crippen LogP contribution in [0.4, 0.5) is 5.69 Å². The molecule has 1 heterocycles. The monoisotopic (exact) mass is 276 g/mol. The molecule has 0 saturated carbocycles. The summed E-state index contributed by atoms with van der Waals surface area (Å²) in [6.45, 7) is 2.04. The minimum absolute atomic E-state index is 0.121. The van der Waals surface area contributed by atoms with Crippen LogP contribution in [0.1, 0.15) is 36.0 Å². The Labute approximate surface area is 118 Å². The van der Waals surface area contributed by atoms with Crippen LogP contribution in [0, 0.1) is 5.92 Å². The van der Waals surface area contributed by atoms with Gasteiger partial charge >= 0.3 is 5.97 Å². The molecule has 0 spiro atoms. The van der Waals surface area contributed by atoms with Gasteiger partial charge in [0.2, 0.25) is 5.91 Å². The number of benzene rings is 1. The molecule has 20 heavy (non-hydrogen) atoms. The number of carbonyl (C=O) groups is 2. The van der Waals surface area contributed by atoms with Gasteiger partial charge in [0, 0.05) is 6.42 Å². The SMILES string of the molecule is O=C(CCC1CCCNC1)Nc1ccccc1C(=O)O. The molecule has 1 aliphatic rings. The summed E-state index contributed by atoms with van der Waals surface area (Å²) in [5.74, 6) is -0.606. The average molecular weight is 276 g/mol. The summed E-state index contributed by atoms with van der Waals surface area (Å²) in [6, 6.07) is 6.46. The van der Waals surface area contributed by atoms with Crippen LogP contribution in [0.25, 0.3) is 0 Å². The third-order valence-corrected chi connectivity index (χ3v) is 3.61. The number of carboxylic acids is 1. The van der Waals surface area contributed by atoms with Crippen LogP contribution >= 0.6 is 0 Å². The summed E-state index contributed by atoms with van der Waals surface area (Å²) in [5.41, 5.74) is 0.493. The Kier molecular flexibility index (Phi) is 5.12. The second-order valence-corrected chi connectivity index (χ2v) is 5.15. The molecule has 5 nitrogen and oxygen atoms in total. The first kappa shape index (κ1) is 14.5. The first-order chi connectivity index (χ1) is 9.66. The molecule has 1 aliphatic heterocycles. The lowest BCUT2D eigenvalue weighted by Gasteiger charge is -2.22. The zero-order valence-corrected chi connectivity index (χ0v) is 11.4. The van der Waals surface area contributed by atoms with Gasteiger partial charge in [0.15, 0.2) is 0 Å². The molecule has 1 aromatic carbocycles. The Bertz CT molecular complexity index is 482. The number of nitrogens with one attached hydrogen (secondary N) is 2. The lowest BCUT2D eigenvalue weighted by molar-refractivity contribution is -0.116. The lowest BCUT2D eigenvalue weighted by atomic mass is 9.94. The van der Waals surface area contributed by atoms with Crippen LogP contribution in [-0.2, 0) is 4.79 Å². The smallest absolute Gasteiger partial charge is 0.337 e. The molecule has 0 radical (unpaired) electrons. The number of para-hydroxylation sites is 1. The van der Waals surface area contributed by atoms with Crippen molar-refractivity contribution in [3.05, 3.63) is 29.8 Å². The maximum atomic E-state index is 11.9. The normalized spacial score (nSPS) is 18.5. The molecule has 2 rings (SSSR count). The molecular formula is C15H20N2O3. The van der Waals surface area contributed by atoms with Gasteiger partial charge in [-0.15, -0.1) is 0 Å². The molecule has 1 unspecified atom stereocenters. The fourth-order valence-electron chi connectivity index (χ4n) is 2.50. The van der Waals surface area contributed by atoms with Crippen molar-refractivity contribution in [1.82, 2.24) is 5.32 Å². The number of rotatable bonds is 5. The summed E-state index contributed by atoms with van der Waals surface area (Å²) in [5, 5.41) is 15.1. The molecular weight excluding hydrogens is 256 g/mol. The molecule has 5 heteroatoms. The topological polar surface area (TPSA) is 78.4 Å². The van der Waals surface area contributed by atoms with Crippen LogP contribution in [0.2, 0.25) is 0 Å². The Balaban J connectivity index is 1.86. The van der Waals surface area contributed by atoms with Gasteiger partial charge in [-0.1, -0.05) is 12.1 Å². The first-order valence-electron chi connectivity index (χ1n) is 6.99. The van der Waals surface area contributed by atoms with E-state index >= 15 is 0 Å². The summed E-state index contributed by atoms with van der Waals surface area (Å²) in [6.07, 6.45) is 3.59. The van der Waals surface area contributed by atoms with Gasteiger partial charge in [0.1, 0.15) is 0 Å². The van der Waals surface area contributed by atoms with Crippen LogP contribution in [0.3, 0.4) is 0 Å². The average Bonchev–Trinajstić information content (AvgIpc) is 2.46. The van der Waals surface area contributed by atoms with Crippen molar-refractivity contribution in [2.75, 3.05) is 18.4 Å². The van der Waals surface area contributed by atoms with E-state index in [4.69, 9.17) is 5.11 Å². The first-order valence-corrected chi connectivity index (χ1v) is 6.99. The van der Waals surface area contributed by atoms with Crippen molar-refractivity contribution in [1.29, 1.82) is 0 Å². The number of carboxylic acid groups (broad SMARTS) is 1. The Morgan fingerprint density at radius 2 is 2.15 bits per heavy atom. The van der Waals surface area contributed by atoms with Crippen LogP contribution in [-0.4, -0.2) is 30.1 Å². The highest BCUT2D eigenvalue weighted by Gasteiger charge is 2.16. The molecule has 1 fully saturated rings. The highest BCUT2D eigenvalue weighted by Crippen LogP contribution is 2.18. The van der Waals surface area contributed by atoms with Gasteiger partial charge in [0.05, 0.1) is 11.3 Å². The zero-order chi connectivity index (χ0) is 14.4. The maximum Gasteiger partial charge on any atom is 0.337 e. The molecule has 0 bridgehead atoms. The standard InChI is InChI=1S/C15H20N2O3/c18-14(8-7-11-4-3-9-16-10-11)17-13-6-2-1-5-12(13)15(19)20/h1-2,5-6,11,16H,3-4,7-10H2,(H,17,18)(H,19,20). The van der Waals surface area contributed by atoms with Gasteiger partial charge in [-0.2, -0.15) is 0 Å². The molecule has 108 valence electrons. The third kappa shape index (κ3) is 4.06. The van der Waals surface area contributed by atoms with Crippen molar-refractivity contribution in [3.63, 3.8) is 0 Å². The Morgan fingerprint density at radius 1 is 1.35 bits per heavy atom. The summed E-state index contributed by atoms with van der Waals surface area (Å²) in [4.78, 5) is 23.0. The van der Waals surface area contributed by atoms with E-state index < -0.39 is 5.97 Å². The summed E-state index contributed by atoms with van der Waals surface area (Å²) < 4.78 is 0. The minimum Gasteiger partial charge on any atom is -0.478 e. The van der Waals surface area contributed by atoms with Crippen molar-refractivity contribution in [2.24, 2.45) is 5.92 Å². The predicted molar refractivity (Wildman–Crippen MR) is 76.9 cm³/mol. The molecule has 1 amide bonds. The van der Waals surface area contributed by atoms with E-state index in [1.54, 1.807) is 18.2 Å². The second kappa shape index (κ2) is 7.05. The highest BCUT2D eigenvalue weighted by molar-refractivity contribution is 6.00. The maximum absolute atomic E-state index is 11.9. The van der Waals surface area contributed by atoms with E-state index in [9.17, 15) is 9.59 Å². The van der Waals surface area contributed by atoms with Crippen molar-refractivity contribution < 1.29 is 14.7 Å². The number of hydrogen-bond acceptors (Lipinski definition) is 3. The number of hydrogen-bond donors (Lipinski definition) is 3. The van der Waals surface area contributed by atoms with E-state index in [0.717, 1.165) is 32.4 Å². The van der Waals surface area contributed by atoms with E-state index in [1.807, 2.05) is 0 Å². The quantitative estimate of drug-likeness (QED) is 0.769. The largest absolute Gasteiger partial charge is 0.478 e. The number of anilines is 1. The molecule has 0 aromatic heterocycles. The fraction of sp³-hybridized carbons (Fsp3) is 0.467. The Morgan fingerprint density at radius 3 is 2.85 bits per heavy atom. The predicted octanol–water partition coefficient (Wildman–Crippen LogP) is 2.10. The van der Waals surface area contributed by atoms with Crippen molar-refractivity contribution in [2.45, 2.75) is 25.7 Å². The van der Waals surface area contributed by atoms with E-state index in [1.165, 1.54) is 6.07 Å². The molecule has 1 atom stereocenters. The van der Waals surface area contributed by atoms with E-state index in [2.05, 4.69) is 10.6 Å². The van der Waals surface area contributed by atoms with Gasteiger partial charge in [-0.05, 0) is 50.4 Å². The molecule has 0 aliphatic carbocycles. The lowest BCUT2D eigenvalue weighted by Crippen LogP contribution is -2.30. The van der Waals surface area contributed by atoms with Crippen molar-refractivity contribution in [3.8, 4) is 0 Å². The number of piperidine rings is 1. The summed E-state index contributed by atoms with van der Waals surface area (Å²) >= 11 is 0. The summed E-state index contributed by atoms with van der Waals surface area (Å²) in [7, 11) is 0. The second-order valence-electron chi connectivity index (χ2n) is 5.15. The molecule has 1 saturated heterocycles. The van der Waals surface area contributed by atoms with Gasteiger partial charge in [0.25, 0.3) is 0 Å². The van der Waals surface area contributed by atoms with Crippen LogP contribution in [0.5, 0.6) is 0 Å². The minimum atomic E-state index is -1.03. The van der Waals surface area contributed by atoms with Crippen LogP contribution in [0.15, 0.2) is 24.3 Å². The van der Waals surface area contributed by atoms with Gasteiger partial charge in [-0.25, -0.2) is 4.79 Å². The molecule has 3 N–H and O–H groups in total. The fourth-order valence-corrected chi connectivity index (χ4v) is 2.50. The number of amides is 1. The number of aromatic carboxylic acids is 1. The van der Waals surface area contributed by atoms with Crippen LogP contribution < -0.4 is 10.6 Å². The van der Waals surface area contributed by atoms with E-state index in [0.29, 0.717) is 18.0 Å². The third-order valence-electron chi connectivity index (χ3n) is 3.61. The van der Waals surface area contributed by atoms with Gasteiger partial charge < -0.3 is 15.7 Å². The van der Waals surface area contributed by atoms with E-state index in [-0.39, 0.29) is 11.5 Å². The number of carbonyl (C=O) groups excluding carboxylic acids is 1. The van der Waals surface area contributed by atoms with Gasteiger partial charge in [-0.3, -0.25) is 4.79 Å². The molecule has 1 aromatic rings. The zero-order valence-electron chi connectivity index (χ0n) is 11.4. The highest BCUT2D eigenvalue weighted by atomic mass is 16.4. The Hall–Kier alpha value is -1.88.